The van der Waals surface area contributed by atoms with Crippen LogP contribution in [0, 0.1) is 23.7 Å². The van der Waals surface area contributed by atoms with E-state index >= 15 is 0 Å². The molecule has 7 aliphatic carbocycles. The third kappa shape index (κ3) is 5.87. The molecule has 0 heterocycles. The Morgan fingerprint density at radius 2 is 0.761 bits per heavy atom. The van der Waals surface area contributed by atoms with Crippen LogP contribution < -0.4 is 4.90 Å². The lowest BCUT2D eigenvalue weighted by Crippen LogP contribution is -2.28. The molecule has 0 amide bonds. The minimum absolute atomic E-state index is 0.133. The van der Waals surface area contributed by atoms with Gasteiger partial charge in [-0.1, -0.05) is 212 Å². The number of rotatable bonds is 6. The van der Waals surface area contributed by atoms with Gasteiger partial charge in [-0.3, -0.25) is 0 Å². The molecule has 0 radical (unpaired) electrons. The molecule has 15 rings (SSSR count). The summed E-state index contributed by atoms with van der Waals surface area (Å²) in [6.07, 6.45) is 13.7. The minimum atomic E-state index is -0.472. The molecule has 71 heavy (non-hydrogen) atoms. The first kappa shape index (κ1) is 42.3. The molecule has 4 unspecified atom stereocenters. The molecule has 0 N–H and O–H groups in total. The molecular weight excluding hydrogens is 855 g/mol. The van der Waals surface area contributed by atoms with E-state index < -0.39 is 5.41 Å². The van der Waals surface area contributed by atoms with Crippen molar-refractivity contribution < 1.29 is 0 Å². The van der Waals surface area contributed by atoms with Crippen LogP contribution in [0.4, 0.5) is 17.1 Å². The summed E-state index contributed by atoms with van der Waals surface area (Å²) in [7, 11) is 0. The van der Waals surface area contributed by atoms with E-state index in [1.807, 2.05) is 0 Å². The van der Waals surface area contributed by atoms with Gasteiger partial charge in [0.15, 0.2) is 0 Å². The van der Waals surface area contributed by atoms with E-state index in [2.05, 4.69) is 209 Å². The fraction of sp³-hybridized carbons (Fsp3) is 0.314. The van der Waals surface area contributed by atoms with Gasteiger partial charge in [-0.15, -0.1) is 0 Å². The summed E-state index contributed by atoms with van der Waals surface area (Å²) < 4.78 is 0. The second kappa shape index (κ2) is 15.1. The summed E-state index contributed by atoms with van der Waals surface area (Å²) in [5, 5.41) is 0. The Morgan fingerprint density at radius 3 is 1.32 bits per heavy atom. The first-order valence-electron chi connectivity index (χ1n) is 27.4. The molecule has 0 aliphatic heterocycles. The van der Waals surface area contributed by atoms with Crippen molar-refractivity contribution in [3.63, 3.8) is 0 Å². The number of para-hydroxylation sites is 1. The van der Waals surface area contributed by atoms with Gasteiger partial charge in [-0.05, 0) is 174 Å². The molecule has 1 nitrogen and oxygen atoms in total. The first-order chi connectivity index (χ1) is 34.6. The standard InChI is InChI=1S/C70H65N/c1-67(2)60-25-11-8-23-54(60)56-34-30-51(38-62(56)67)71(66-27-13-10-22-53(66)44-16-6-5-7-17-44)52-31-35-59-55-24-9-12-26-61(55)70(65(59)39-52)63-36-49(68(3)40-45-18-14-19-46(45)41-68)28-32-57(63)58-33-29-50(37-64(58)70)69(4)42-47-20-15-21-48(47)43-69/h5-13,16-17,22-39,45-48H,14-15,18-21,40-43H2,1-4H3. The van der Waals surface area contributed by atoms with Crippen LogP contribution in [0.3, 0.4) is 0 Å². The second-order valence-electron chi connectivity index (χ2n) is 24.5. The molecule has 1 spiro atoms. The lowest BCUT2D eigenvalue weighted by atomic mass is 9.68. The van der Waals surface area contributed by atoms with Crippen molar-refractivity contribution in [3.8, 4) is 44.5 Å². The molecule has 1 heteroatoms. The molecule has 0 aromatic heterocycles. The Morgan fingerprint density at radius 1 is 0.352 bits per heavy atom. The van der Waals surface area contributed by atoms with Crippen LogP contribution in [0.5, 0.6) is 0 Å². The van der Waals surface area contributed by atoms with Crippen LogP contribution in [0.25, 0.3) is 44.5 Å². The highest BCUT2D eigenvalue weighted by Gasteiger charge is 2.54. The van der Waals surface area contributed by atoms with E-state index in [-0.39, 0.29) is 16.2 Å². The van der Waals surface area contributed by atoms with E-state index in [0.29, 0.717) is 0 Å². The van der Waals surface area contributed by atoms with E-state index in [1.54, 1.807) is 11.1 Å². The molecule has 350 valence electrons. The van der Waals surface area contributed by atoms with Crippen LogP contribution >= 0.6 is 0 Å². The maximum Gasteiger partial charge on any atom is 0.0726 e. The highest BCUT2D eigenvalue weighted by atomic mass is 15.1. The van der Waals surface area contributed by atoms with Gasteiger partial charge in [-0.25, -0.2) is 0 Å². The fourth-order valence-electron chi connectivity index (χ4n) is 17.1. The van der Waals surface area contributed by atoms with Crippen molar-refractivity contribution in [3.05, 3.63) is 220 Å². The zero-order valence-corrected chi connectivity index (χ0v) is 42.1. The van der Waals surface area contributed by atoms with Crippen molar-refractivity contribution in [1.29, 1.82) is 0 Å². The Labute approximate surface area is 422 Å². The molecule has 0 bridgehead atoms. The number of nitrogens with zero attached hydrogens (tertiary/aromatic N) is 1. The van der Waals surface area contributed by atoms with Crippen LogP contribution in [0.2, 0.25) is 0 Å². The molecule has 4 fully saturated rings. The zero-order chi connectivity index (χ0) is 47.4. The Hall–Kier alpha value is -6.44. The van der Waals surface area contributed by atoms with Gasteiger partial charge in [-0.2, -0.15) is 0 Å². The van der Waals surface area contributed by atoms with E-state index in [4.69, 9.17) is 0 Å². The average molecular weight is 920 g/mol. The van der Waals surface area contributed by atoms with Gasteiger partial charge in [0.1, 0.15) is 0 Å². The Balaban J connectivity index is 0.983. The quantitative estimate of drug-likeness (QED) is 0.161. The number of benzene rings is 8. The number of fused-ring (bicyclic) bond motifs is 15. The van der Waals surface area contributed by atoms with Gasteiger partial charge in [0.05, 0.1) is 11.1 Å². The van der Waals surface area contributed by atoms with Crippen molar-refractivity contribution in [2.24, 2.45) is 23.7 Å². The molecule has 4 saturated carbocycles. The number of anilines is 3. The largest absolute Gasteiger partial charge is 0.310 e. The maximum atomic E-state index is 2.75. The third-order valence-corrected chi connectivity index (χ3v) is 20.4. The molecule has 4 atom stereocenters. The summed E-state index contributed by atoms with van der Waals surface area (Å²) in [5.41, 5.74) is 25.8. The summed E-state index contributed by atoms with van der Waals surface area (Å²) >= 11 is 0. The summed E-state index contributed by atoms with van der Waals surface area (Å²) in [6.45, 7) is 10.1. The minimum Gasteiger partial charge on any atom is -0.310 e. The fourth-order valence-corrected chi connectivity index (χ4v) is 17.1. The number of hydrogen-bond acceptors (Lipinski definition) is 1. The highest BCUT2D eigenvalue weighted by Crippen LogP contribution is 2.66. The molecular formula is C70H65N. The SMILES string of the molecule is CC1(c2ccc3c(c2)C2(c4ccccc4-c4ccc(N(c5ccc6c(c5)C(C)(C)c5ccccc5-6)c5ccccc5-c5ccccc5)cc42)c2cc(C4(C)CC5CCCC5C4)ccc2-3)CC2CCCC2C1. The molecule has 7 aliphatic rings. The van der Waals surface area contributed by atoms with Crippen molar-refractivity contribution in [2.75, 3.05) is 4.90 Å². The predicted molar refractivity (Wildman–Crippen MR) is 295 cm³/mol. The van der Waals surface area contributed by atoms with Crippen LogP contribution in [-0.2, 0) is 21.7 Å². The smallest absolute Gasteiger partial charge is 0.0726 e. The van der Waals surface area contributed by atoms with Gasteiger partial charge in [0, 0.05) is 22.4 Å². The van der Waals surface area contributed by atoms with Gasteiger partial charge >= 0.3 is 0 Å². The van der Waals surface area contributed by atoms with Crippen molar-refractivity contribution in [2.45, 2.75) is 114 Å². The monoisotopic (exact) mass is 920 g/mol. The maximum absolute atomic E-state index is 2.75. The second-order valence-corrected chi connectivity index (χ2v) is 24.5. The van der Waals surface area contributed by atoms with Crippen LogP contribution in [-0.4, -0.2) is 0 Å². The molecule has 0 saturated heterocycles. The Kier molecular flexibility index (Phi) is 8.96. The average Bonchev–Trinajstić information content (AvgIpc) is 4.28. The van der Waals surface area contributed by atoms with Gasteiger partial charge in [0.25, 0.3) is 0 Å². The summed E-state index contributed by atoms with van der Waals surface area (Å²) in [5.74, 6) is 3.47. The van der Waals surface area contributed by atoms with E-state index in [9.17, 15) is 0 Å². The third-order valence-electron chi connectivity index (χ3n) is 20.4. The normalized spacial score (nSPS) is 27.4. The van der Waals surface area contributed by atoms with Gasteiger partial charge in [0.2, 0.25) is 0 Å². The topological polar surface area (TPSA) is 3.24 Å². The Bertz CT molecular complexity index is 3390. The summed E-state index contributed by atoms with van der Waals surface area (Å²) in [4.78, 5) is 2.60. The summed E-state index contributed by atoms with van der Waals surface area (Å²) in [6, 6.07) is 69.3. The number of hydrogen-bond donors (Lipinski definition) is 0. The lowest BCUT2D eigenvalue weighted by Gasteiger charge is -2.35. The first-order valence-corrected chi connectivity index (χ1v) is 27.4. The van der Waals surface area contributed by atoms with Crippen molar-refractivity contribution in [1.82, 2.24) is 0 Å². The zero-order valence-electron chi connectivity index (χ0n) is 42.1. The van der Waals surface area contributed by atoms with Crippen LogP contribution in [0.1, 0.15) is 136 Å². The van der Waals surface area contributed by atoms with E-state index in [1.165, 1.54) is 159 Å². The van der Waals surface area contributed by atoms with Gasteiger partial charge < -0.3 is 4.90 Å². The molecule has 8 aromatic rings. The lowest BCUT2D eigenvalue weighted by molar-refractivity contribution is 0.439. The van der Waals surface area contributed by atoms with E-state index in [0.717, 1.165) is 23.7 Å². The highest BCUT2D eigenvalue weighted by molar-refractivity contribution is 5.98. The van der Waals surface area contributed by atoms with Crippen LogP contribution in [0.15, 0.2) is 176 Å². The molecule has 8 aromatic carbocycles. The van der Waals surface area contributed by atoms with Crippen molar-refractivity contribution >= 4 is 17.1 Å². The predicted octanol–water partition coefficient (Wildman–Crippen LogP) is 18.4.